The van der Waals surface area contributed by atoms with Crippen LogP contribution < -0.4 is 5.73 Å². The van der Waals surface area contributed by atoms with Gasteiger partial charge < -0.3 is 5.73 Å². The summed E-state index contributed by atoms with van der Waals surface area (Å²) in [6.07, 6.45) is 1.93. The fourth-order valence-corrected chi connectivity index (χ4v) is 3.84. The van der Waals surface area contributed by atoms with Gasteiger partial charge in [0.05, 0.1) is 0 Å². The average Bonchev–Trinajstić information content (AvgIpc) is 2.44. The zero-order valence-corrected chi connectivity index (χ0v) is 15.2. The molecule has 1 unspecified atom stereocenters. The molecule has 0 fully saturated rings. The van der Waals surface area contributed by atoms with Crippen molar-refractivity contribution in [3.05, 3.63) is 57.6 Å². The van der Waals surface area contributed by atoms with Gasteiger partial charge in [-0.25, -0.2) is 0 Å². The van der Waals surface area contributed by atoms with E-state index in [2.05, 4.69) is 73.1 Å². The number of nitrogens with two attached hydrogens (primary N) is 1. The highest BCUT2D eigenvalue weighted by Crippen LogP contribution is 2.33. The van der Waals surface area contributed by atoms with E-state index in [0.717, 1.165) is 17.3 Å². The summed E-state index contributed by atoms with van der Waals surface area (Å²) in [5.41, 5.74) is 9.96. The number of rotatable bonds is 5. The molecule has 2 aromatic carbocycles. The number of aryl methyl sites for hydroxylation is 2. The number of benzene rings is 2. The molecule has 2 aromatic rings. The molecule has 3 heteroatoms. The predicted octanol–water partition coefficient (Wildman–Crippen LogP) is 5.50. The lowest BCUT2D eigenvalue weighted by Crippen LogP contribution is -2.21. The van der Waals surface area contributed by atoms with Gasteiger partial charge >= 0.3 is 0 Å². The molecule has 0 aromatic heterocycles. The van der Waals surface area contributed by atoms with Crippen LogP contribution in [0.2, 0.25) is 0 Å². The molecule has 0 heterocycles. The van der Waals surface area contributed by atoms with Gasteiger partial charge in [0, 0.05) is 20.3 Å². The Balaban J connectivity index is 2.16. The molecular weight excluding hydrogens is 342 g/mol. The van der Waals surface area contributed by atoms with Gasteiger partial charge in [0.15, 0.2) is 0 Å². The topological polar surface area (TPSA) is 26.0 Å². The molecular formula is C18H22BrNS. The molecule has 0 aliphatic heterocycles. The molecule has 1 nitrogen and oxygen atoms in total. The SMILES string of the molecule is CCC(N)Cc1ccc(Sc2ccc(C)cc2C)cc1Br. The van der Waals surface area contributed by atoms with Crippen molar-refractivity contribution in [1.82, 2.24) is 0 Å². The lowest BCUT2D eigenvalue weighted by atomic mass is 10.1. The smallest absolute Gasteiger partial charge is 0.0219 e. The van der Waals surface area contributed by atoms with Gasteiger partial charge in [0.2, 0.25) is 0 Å². The molecule has 0 aliphatic carbocycles. The predicted molar refractivity (Wildman–Crippen MR) is 96.2 cm³/mol. The molecule has 0 bridgehead atoms. The van der Waals surface area contributed by atoms with Crippen LogP contribution in [0.15, 0.2) is 50.7 Å². The molecule has 0 spiro atoms. The van der Waals surface area contributed by atoms with Crippen LogP contribution in [-0.2, 0) is 6.42 Å². The molecule has 0 aliphatic rings. The molecule has 0 radical (unpaired) electrons. The third-order valence-corrected chi connectivity index (χ3v) is 5.50. The van der Waals surface area contributed by atoms with Gasteiger partial charge in [-0.2, -0.15) is 0 Å². The summed E-state index contributed by atoms with van der Waals surface area (Å²) in [6, 6.07) is 13.4. The maximum absolute atomic E-state index is 6.04. The van der Waals surface area contributed by atoms with Crippen LogP contribution in [0, 0.1) is 13.8 Å². The lowest BCUT2D eigenvalue weighted by molar-refractivity contribution is 0.645. The molecule has 2 rings (SSSR count). The second kappa shape index (κ2) is 7.48. The monoisotopic (exact) mass is 363 g/mol. The van der Waals surface area contributed by atoms with Crippen LogP contribution >= 0.6 is 27.7 Å². The Kier molecular flexibility index (Phi) is 5.91. The first kappa shape index (κ1) is 16.6. The minimum Gasteiger partial charge on any atom is -0.327 e. The summed E-state index contributed by atoms with van der Waals surface area (Å²) >= 11 is 5.49. The van der Waals surface area contributed by atoms with Crippen LogP contribution in [0.4, 0.5) is 0 Å². The summed E-state index contributed by atoms with van der Waals surface area (Å²) in [7, 11) is 0. The summed E-state index contributed by atoms with van der Waals surface area (Å²) in [4.78, 5) is 2.56. The van der Waals surface area contributed by atoms with Gasteiger partial charge in [0.25, 0.3) is 0 Å². The highest BCUT2D eigenvalue weighted by Gasteiger charge is 2.08. The second-order valence-corrected chi connectivity index (χ2v) is 7.47. The van der Waals surface area contributed by atoms with E-state index in [0.29, 0.717) is 0 Å². The molecule has 0 amide bonds. The van der Waals surface area contributed by atoms with E-state index in [-0.39, 0.29) is 6.04 Å². The Morgan fingerprint density at radius 1 is 1.14 bits per heavy atom. The third-order valence-electron chi connectivity index (χ3n) is 3.59. The van der Waals surface area contributed by atoms with E-state index in [1.54, 1.807) is 0 Å². The summed E-state index contributed by atoms with van der Waals surface area (Å²) < 4.78 is 1.15. The zero-order chi connectivity index (χ0) is 15.4. The number of hydrogen-bond donors (Lipinski definition) is 1. The van der Waals surface area contributed by atoms with Gasteiger partial charge in [0.1, 0.15) is 0 Å². The highest BCUT2D eigenvalue weighted by atomic mass is 79.9. The first-order valence-electron chi connectivity index (χ1n) is 7.28. The van der Waals surface area contributed by atoms with E-state index < -0.39 is 0 Å². The Morgan fingerprint density at radius 3 is 2.52 bits per heavy atom. The largest absolute Gasteiger partial charge is 0.327 e. The minimum atomic E-state index is 0.235. The fraction of sp³-hybridized carbons (Fsp3) is 0.333. The number of hydrogen-bond acceptors (Lipinski definition) is 2. The van der Waals surface area contributed by atoms with Crippen LogP contribution in [0.25, 0.3) is 0 Å². The van der Waals surface area contributed by atoms with E-state index in [4.69, 9.17) is 5.73 Å². The van der Waals surface area contributed by atoms with Crippen LogP contribution in [0.1, 0.15) is 30.0 Å². The van der Waals surface area contributed by atoms with Crippen molar-refractivity contribution in [2.75, 3.05) is 0 Å². The van der Waals surface area contributed by atoms with Crippen molar-refractivity contribution in [1.29, 1.82) is 0 Å². The van der Waals surface area contributed by atoms with Gasteiger partial charge in [-0.1, -0.05) is 58.4 Å². The minimum absolute atomic E-state index is 0.235. The first-order chi connectivity index (χ1) is 9.99. The lowest BCUT2D eigenvalue weighted by Gasteiger charge is -2.12. The maximum atomic E-state index is 6.04. The second-order valence-electron chi connectivity index (χ2n) is 5.50. The van der Waals surface area contributed by atoms with Crippen molar-refractivity contribution < 1.29 is 0 Å². The molecule has 21 heavy (non-hydrogen) atoms. The molecule has 2 N–H and O–H groups in total. The maximum Gasteiger partial charge on any atom is 0.0219 e. The summed E-state index contributed by atoms with van der Waals surface area (Å²) in [5.74, 6) is 0. The third kappa shape index (κ3) is 4.60. The highest BCUT2D eigenvalue weighted by molar-refractivity contribution is 9.10. The van der Waals surface area contributed by atoms with Crippen LogP contribution in [0.3, 0.4) is 0 Å². The summed E-state index contributed by atoms with van der Waals surface area (Å²) in [5, 5.41) is 0. The van der Waals surface area contributed by atoms with Crippen molar-refractivity contribution in [3.8, 4) is 0 Å². The molecule has 0 saturated heterocycles. The van der Waals surface area contributed by atoms with Crippen molar-refractivity contribution in [2.45, 2.75) is 49.4 Å². The average molecular weight is 364 g/mol. The number of halogens is 1. The van der Waals surface area contributed by atoms with E-state index in [1.807, 2.05) is 11.8 Å². The van der Waals surface area contributed by atoms with Gasteiger partial charge in [-0.15, -0.1) is 0 Å². The van der Waals surface area contributed by atoms with E-state index in [9.17, 15) is 0 Å². The molecule has 0 saturated carbocycles. The fourth-order valence-electron chi connectivity index (χ4n) is 2.22. The first-order valence-corrected chi connectivity index (χ1v) is 8.89. The standard InChI is InChI=1S/C18H22BrNS/c1-4-15(20)10-14-6-7-16(11-17(14)19)21-18-8-5-12(2)9-13(18)3/h5-9,11,15H,4,10,20H2,1-3H3. The normalized spacial score (nSPS) is 12.4. The Labute approximate surface area is 140 Å². The van der Waals surface area contributed by atoms with Crippen molar-refractivity contribution >= 4 is 27.7 Å². The Bertz CT molecular complexity index is 625. The van der Waals surface area contributed by atoms with E-state index in [1.165, 1.54) is 26.5 Å². The van der Waals surface area contributed by atoms with Gasteiger partial charge in [-0.05, 0) is 56.0 Å². The quantitative estimate of drug-likeness (QED) is 0.758. The zero-order valence-electron chi connectivity index (χ0n) is 12.8. The summed E-state index contributed by atoms with van der Waals surface area (Å²) in [6.45, 7) is 6.42. The van der Waals surface area contributed by atoms with Crippen LogP contribution in [0.5, 0.6) is 0 Å². The Morgan fingerprint density at radius 2 is 1.90 bits per heavy atom. The van der Waals surface area contributed by atoms with E-state index >= 15 is 0 Å². The molecule has 112 valence electrons. The molecule has 1 atom stereocenters. The van der Waals surface area contributed by atoms with Crippen molar-refractivity contribution in [2.24, 2.45) is 5.73 Å². The van der Waals surface area contributed by atoms with Crippen molar-refractivity contribution in [3.63, 3.8) is 0 Å². The Hall–Kier alpha value is -0.770. The van der Waals surface area contributed by atoms with Crippen LogP contribution in [-0.4, -0.2) is 6.04 Å². The van der Waals surface area contributed by atoms with Gasteiger partial charge in [-0.3, -0.25) is 0 Å².